The van der Waals surface area contributed by atoms with Gasteiger partial charge in [0, 0.05) is 18.5 Å². The van der Waals surface area contributed by atoms with Gasteiger partial charge in [-0.05, 0) is 43.5 Å². The van der Waals surface area contributed by atoms with Gasteiger partial charge in [0.15, 0.2) is 0 Å². The average Bonchev–Trinajstić information content (AvgIpc) is 2.46. The molecule has 1 heterocycles. The summed E-state index contributed by atoms with van der Waals surface area (Å²) in [6.07, 6.45) is 2.12. The van der Waals surface area contributed by atoms with Crippen LogP contribution in [0.1, 0.15) is 37.3 Å². The molecule has 1 aromatic carbocycles. The number of aliphatic hydroxyl groups is 2. The van der Waals surface area contributed by atoms with Gasteiger partial charge in [-0.15, -0.1) is 0 Å². The van der Waals surface area contributed by atoms with E-state index < -0.39 is 6.10 Å². The summed E-state index contributed by atoms with van der Waals surface area (Å²) < 4.78 is 13.3. The number of aliphatic hydroxyl groups excluding tert-OH is 2. The van der Waals surface area contributed by atoms with Crippen LogP contribution in [0.4, 0.5) is 4.39 Å². The van der Waals surface area contributed by atoms with Gasteiger partial charge in [-0.2, -0.15) is 0 Å². The van der Waals surface area contributed by atoms with Gasteiger partial charge in [-0.1, -0.05) is 25.5 Å². The van der Waals surface area contributed by atoms with E-state index in [1.54, 1.807) is 13.0 Å². The summed E-state index contributed by atoms with van der Waals surface area (Å²) >= 11 is 0. The summed E-state index contributed by atoms with van der Waals surface area (Å²) in [6.45, 7) is 6.03. The van der Waals surface area contributed by atoms with E-state index in [-0.39, 0.29) is 17.8 Å². The summed E-state index contributed by atoms with van der Waals surface area (Å²) in [5.74, 6) is -0.181. The Morgan fingerprint density at radius 1 is 1.43 bits per heavy atom. The third-order valence-corrected chi connectivity index (χ3v) is 4.76. The SMILES string of the molecule is CCC[C@]1(CO)CCN(Cc2ccc(F)c(C)c2)C[C@H]1O. The molecular weight excluding hydrogens is 269 g/mol. The first kappa shape index (κ1) is 16.4. The van der Waals surface area contributed by atoms with Crippen LogP contribution >= 0.6 is 0 Å². The maximum absolute atomic E-state index is 13.3. The molecule has 21 heavy (non-hydrogen) atoms. The van der Waals surface area contributed by atoms with Crippen molar-refractivity contribution < 1.29 is 14.6 Å². The number of rotatable bonds is 5. The van der Waals surface area contributed by atoms with Crippen molar-refractivity contribution in [1.29, 1.82) is 0 Å². The van der Waals surface area contributed by atoms with Crippen molar-refractivity contribution in [2.45, 2.75) is 45.8 Å². The van der Waals surface area contributed by atoms with E-state index in [1.807, 2.05) is 6.07 Å². The fraction of sp³-hybridized carbons (Fsp3) is 0.647. The largest absolute Gasteiger partial charge is 0.396 e. The van der Waals surface area contributed by atoms with Crippen molar-refractivity contribution in [2.75, 3.05) is 19.7 Å². The lowest BCUT2D eigenvalue weighted by Crippen LogP contribution is -2.52. The highest BCUT2D eigenvalue weighted by atomic mass is 19.1. The van der Waals surface area contributed by atoms with Gasteiger partial charge >= 0.3 is 0 Å². The fourth-order valence-electron chi connectivity index (χ4n) is 3.34. The first-order valence-corrected chi connectivity index (χ1v) is 7.77. The molecule has 1 aliphatic rings. The van der Waals surface area contributed by atoms with Crippen molar-refractivity contribution in [2.24, 2.45) is 5.41 Å². The highest BCUT2D eigenvalue weighted by Gasteiger charge is 2.40. The zero-order chi connectivity index (χ0) is 15.5. The van der Waals surface area contributed by atoms with Crippen LogP contribution in [0.2, 0.25) is 0 Å². The quantitative estimate of drug-likeness (QED) is 0.877. The molecule has 0 unspecified atom stereocenters. The van der Waals surface area contributed by atoms with E-state index in [4.69, 9.17) is 0 Å². The molecule has 0 radical (unpaired) electrons. The second-order valence-electron chi connectivity index (χ2n) is 6.35. The normalized spacial score (nSPS) is 27.0. The van der Waals surface area contributed by atoms with E-state index >= 15 is 0 Å². The summed E-state index contributed by atoms with van der Waals surface area (Å²) in [5, 5.41) is 20.1. The Balaban J connectivity index is 2.00. The predicted molar refractivity (Wildman–Crippen MR) is 81.5 cm³/mol. The molecule has 2 atom stereocenters. The van der Waals surface area contributed by atoms with Gasteiger partial charge in [0.25, 0.3) is 0 Å². The molecule has 4 heteroatoms. The Hall–Kier alpha value is -0.970. The molecule has 0 aliphatic carbocycles. The van der Waals surface area contributed by atoms with Crippen LogP contribution in [0, 0.1) is 18.2 Å². The third-order valence-electron chi connectivity index (χ3n) is 4.76. The lowest BCUT2D eigenvalue weighted by Gasteiger charge is -2.44. The second-order valence-corrected chi connectivity index (χ2v) is 6.35. The van der Waals surface area contributed by atoms with Crippen molar-refractivity contribution >= 4 is 0 Å². The topological polar surface area (TPSA) is 43.7 Å². The highest BCUT2D eigenvalue weighted by Crippen LogP contribution is 2.36. The minimum absolute atomic E-state index is 0.0471. The number of likely N-dealkylation sites (tertiary alicyclic amines) is 1. The van der Waals surface area contributed by atoms with E-state index in [0.717, 1.165) is 31.4 Å². The highest BCUT2D eigenvalue weighted by molar-refractivity contribution is 5.24. The molecule has 0 saturated carbocycles. The number of piperidine rings is 1. The Bertz CT molecular complexity index is 480. The van der Waals surface area contributed by atoms with E-state index in [0.29, 0.717) is 18.7 Å². The maximum atomic E-state index is 13.3. The monoisotopic (exact) mass is 295 g/mol. The molecular formula is C17H26FNO2. The average molecular weight is 295 g/mol. The number of aryl methyl sites for hydroxylation is 1. The Kier molecular flexibility index (Phi) is 5.36. The third kappa shape index (κ3) is 3.62. The molecule has 2 rings (SSSR count). The lowest BCUT2D eigenvalue weighted by molar-refractivity contribution is -0.0802. The molecule has 1 aromatic rings. The minimum atomic E-state index is -0.502. The molecule has 0 spiro atoms. The van der Waals surface area contributed by atoms with Gasteiger partial charge in [-0.3, -0.25) is 4.90 Å². The van der Waals surface area contributed by atoms with Gasteiger partial charge < -0.3 is 10.2 Å². The molecule has 1 saturated heterocycles. The van der Waals surface area contributed by atoms with E-state index in [9.17, 15) is 14.6 Å². The van der Waals surface area contributed by atoms with Crippen LogP contribution in [-0.2, 0) is 6.54 Å². The Labute approximate surface area is 126 Å². The maximum Gasteiger partial charge on any atom is 0.126 e. The summed E-state index contributed by atoms with van der Waals surface area (Å²) in [6, 6.07) is 5.16. The van der Waals surface area contributed by atoms with Crippen LogP contribution in [0.15, 0.2) is 18.2 Å². The Morgan fingerprint density at radius 2 is 2.19 bits per heavy atom. The predicted octanol–water partition coefficient (Wildman–Crippen LogP) is 2.48. The standard InChI is InChI=1S/C17H26FNO2/c1-3-6-17(12-20)7-8-19(11-16(17)21)10-14-4-5-15(18)13(2)9-14/h4-5,9,16,20-21H,3,6-8,10-12H2,1-2H3/t16-,17-/m1/s1. The summed E-state index contributed by atoms with van der Waals surface area (Å²) in [5.41, 5.74) is 1.37. The first-order chi connectivity index (χ1) is 10.0. The molecule has 0 amide bonds. The first-order valence-electron chi connectivity index (χ1n) is 7.77. The number of benzene rings is 1. The van der Waals surface area contributed by atoms with Gasteiger partial charge in [-0.25, -0.2) is 4.39 Å². The molecule has 0 bridgehead atoms. The number of β-amino-alcohol motifs (C(OH)–C–C–N with tert-alkyl or cyclic N) is 1. The van der Waals surface area contributed by atoms with E-state index in [2.05, 4.69) is 11.8 Å². The van der Waals surface area contributed by atoms with Gasteiger partial charge in [0.1, 0.15) is 5.82 Å². The molecule has 0 aromatic heterocycles. The summed E-state index contributed by atoms with van der Waals surface area (Å²) in [7, 11) is 0. The lowest BCUT2D eigenvalue weighted by atomic mass is 9.73. The molecule has 3 nitrogen and oxygen atoms in total. The van der Waals surface area contributed by atoms with Crippen LogP contribution in [0.5, 0.6) is 0 Å². The molecule has 2 N–H and O–H groups in total. The molecule has 118 valence electrons. The number of nitrogens with zero attached hydrogens (tertiary/aromatic N) is 1. The van der Waals surface area contributed by atoms with Crippen LogP contribution in [-0.4, -0.2) is 40.9 Å². The molecule has 1 aliphatic heterocycles. The second kappa shape index (κ2) is 6.86. The molecule has 1 fully saturated rings. The van der Waals surface area contributed by atoms with Crippen LogP contribution in [0.25, 0.3) is 0 Å². The van der Waals surface area contributed by atoms with E-state index in [1.165, 1.54) is 6.07 Å². The van der Waals surface area contributed by atoms with Crippen molar-refractivity contribution in [3.05, 3.63) is 35.1 Å². The zero-order valence-electron chi connectivity index (χ0n) is 13.0. The van der Waals surface area contributed by atoms with Crippen molar-refractivity contribution in [1.82, 2.24) is 4.90 Å². The number of hydrogen-bond donors (Lipinski definition) is 2. The zero-order valence-corrected chi connectivity index (χ0v) is 13.0. The Morgan fingerprint density at radius 3 is 2.76 bits per heavy atom. The smallest absolute Gasteiger partial charge is 0.126 e. The fourth-order valence-corrected chi connectivity index (χ4v) is 3.34. The van der Waals surface area contributed by atoms with Crippen LogP contribution in [0.3, 0.4) is 0 Å². The van der Waals surface area contributed by atoms with Crippen molar-refractivity contribution in [3.63, 3.8) is 0 Å². The number of hydrogen-bond acceptors (Lipinski definition) is 3. The van der Waals surface area contributed by atoms with Crippen molar-refractivity contribution in [3.8, 4) is 0 Å². The van der Waals surface area contributed by atoms with Crippen LogP contribution < -0.4 is 0 Å². The van der Waals surface area contributed by atoms with Gasteiger partial charge in [0.05, 0.1) is 12.7 Å². The minimum Gasteiger partial charge on any atom is -0.396 e. The summed E-state index contributed by atoms with van der Waals surface area (Å²) in [4.78, 5) is 2.18. The van der Waals surface area contributed by atoms with Gasteiger partial charge in [0.2, 0.25) is 0 Å². The number of halogens is 1.